The molecule has 1 amide bonds. The van der Waals surface area contributed by atoms with E-state index in [0.29, 0.717) is 6.54 Å². The molecule has 1 aliphatic rings. The fraction of sp³-hybridized carbons (Fsp3) is 0.471. The van der Waals surface area contributed by atoms with Crippen molar-refractivity contribution >= 4 is 12.2 Å². The molecule has 0 radical (unpaired) electrons. The maximum Gasteiger partial charge on any atom is 0.410 e. The average molecular weight is 273 g/mol. The van der Waals surface area contributed by atoms with E-state index in [4.69, 9.17) is 4.74 Å². The molecule has 1 heterocycles. The highest BCUT2D eigenvalue weighted by Gasteiger charge is 2.24. The minimum atomic E-state index is -0.449. The quantitative estimate of drug-likeness (QED) is 0.773. The Morgan fingerprint density at radius 2 is 2.10 bits per heavy atom. The number of carbonyl (C=O) groups is 1. The second-order valence-corrected chi connectivity index (χ2v) is 6.24. The lowest BCUT2D eigenvalue weighted by Gasteiger charge is -2.26. The van der Waals surface area contributed by atoms with Crippen LogP contribution in [0.3, 0.4) is 0 Å². The third kappa shape index (κ3) is 3.62. The smallest absolute Gasteiger partial charge is 0.410 e. The van der Waals surface area contributed by atoms with Gasteiger partial charge in [-0.15, -0.1) is 0 Å². The summed E-state index contributed by atoms with van der Waals surface area (Å²) in [5, 5.41) is 0. The average Bonchev–Trinajstić information content (AvgIpc) is 2.57. The lowest BCUT2D eigenvalue weighted by Crippen LogP contribution is -2.36. The van der Waals surface area contributed by atoms with E-state index in [1.165, 1.54) is 11.1 Å². The molecule has 3 nitrogen and oxygen atoms in total. The van der Waals surface area contributed by atoms with Crippen LogP contribution in [0.1, 0.15) is 43.9 Å². The number of nitrogens with zero attached hydrogens (tertiary/aromatic N) is 1. The molecule has 3 heteroatoms. The van der Waals surface area contributed by atoms with E-state index in [1.54, 1.807) is 4.90 Å². The minimum absolute atomic E-state index is 0.227. The van der Waals surface area contributed by atoms with Crippen LogP contribution < -0.4 is 0 Å². The molecule has 0 aromatic heterocycles. The van der Waals surface area contributed by atoms with Gasteiger partial charge in [0.15, 0.2) is 0 Å². The van der Waals surface area contributed by atoms with Gasteiger partial charge in [0.25, 0.3) is 0 Å². The highest BCUT2D eigenvalue weighted by Crippen LogP contribution is 2.22. The van der Waals surface area contributed by atoms with Gasteiger partial charge in [-0.25, -0.2) is 4.79 Å². The zero-order chi connectivity index (χ0) is 14.8. The van der Waals surface area contributed by atoms with Crippen molar-refractivity contribution in [1.29, 1.82) is 0 Å². The van der Waals surface area contributed by atoms with Crippen LogP contribution in [0.4, 0.5) is 4.79 Å². The monoisotopic (exact) mass is 273 g/mol. The number of aryl methyl sites for hydroxylation is 1. The van der Waals surface area contributed by atoms with Gasteiger partial charge in [-0.2, -0.15) is 0 Å². The molecule has 20 heavy (non-hydrogen) atoms. The van der Waals surface area contributed by atoms with E-state index in [1.807, 2.05) is 26.8 Å². The summed E-state index contributed by atoms with van der Waals surface area (Å²) in [5.41, 5.74) is 3.16. The van der Waals surface area contributed by atoms with Gasteiger partial charge >= 0.3 is 6.09 Å². The van der Waals surface area contributed by atoms with Crippen molar-refractivity contribution in [3.05, 3.63) is 41.5 Å². The summed E-state index contributed by atoms with van der Waals surface area (Å²) in [7, 11) is 0. The van der Waals surface area contributed by atoms with Crippen molar-refractivity contribution in [3.63, 3.8) is 0 Å². The third-order valence-electron chi connectivity index (χ3n) is 3.35. The Kier molecular flexibility index (Phi) is 4.17. The summed E-state index contributed by atoms with van der Waals surface area (Å²) >= 11 is 0. The third-order valence-corrected chi connectivity index (χ3v) is 3.35. The van der Waals surface area contributed by atoms with E-state index in [-0.39, 0.29) is 6.09 Å². The van der Waals surface area contributed by atoms with Crippen molar-refractivity contribution < 1.29 is 9.53 Å². The second-order valence-electron chi connectivity index (χ2n) is 6.24. The van der Waals surface area contributed by atoms with Gasteiger partial charge in [0, 0.05) is 13.1 Å². The first-order chi connectivity index (χ1) is 9.39. The van der Waals surface area contributed by atoms with Crippen molar-refractivity contribution in [3.8, 4) is 0 Å². The number of ether oxygens (including phenoxy) is 1. The molecular weight excluding hydrogens is 250 g/mol. The molecule has 0 unspecified atom stereocenters. The highest BCUT2D eigenvalue weighted by molar-refractivity contribution is 5.68. The highest BCUT2D eigenvalue weighted by atomic mass is 16.6. The molecule has 0 bridgehead atoms. The van der Waals surface area contributed by atoms with Gasteiger partial charge in [0.1, 0.15) is 5.60 Å². The van der Waals surface area contributed by atoms with E-state index >= 15 is 0 Å². The number of fused-ring (bicyclic) bond motifs is 1. The molecule has 0 saturated heterocycles. The molecule has 0 saturated carbocycles. The van der Waals surface area contributed by atoms with Gasteiger partial charge < -0.3 is 9.64 Å². The molecule has 1 aromatic rings. The maximum absolute atomic E-state index is 12.2. The molecule has 0 fully saturated rings. The largest absolute Gasteiger partial charge is 0.444 e. The second kappa shape index (κ2) is 5.70. The Balaban J connectivity index is 2.18. The van der Waals surface area contributed by atoms with Crippen LogP contribution in [0.15, 0.2) is 24.8 Å². The van der Waals surface area contributed by atoms with E-state index < -0.39 is 5.60 Å². The van der Waals surface area contributed by atoms with Crippen molar-refractivity contribution in [1.82, 2.24) is 4.90 Å². The van der Waals surface area contributed by atoms with Crippen LogP contribution in [0, 0.1) is 0 Å². The van der Waals surface area contributed by atoms with Gasteiger partial charge in [0.05, 0.1) is 0 Å². The van der Waals surface area contributed by atoms with Crippen molar-refractivity contribution in [2.24, 2.45) is 0 Å². The lowest BCUT2D eigenvalue weighted by molar-refractivity contribution is 0.0237. The zero-order valence-electron chi connectivity index (χ0n) is 12.6. The van der Waals surface area contributed by atoms with Gasteiger partial charge in [-0.05, 0) is 56.4 Å². The van der Waals surface area contributed by atoms with Crippen LogP contribution in [0.5, 0.6) is 0 Å². The molecule has 0 atom stereocenters. The van der Waals surface area contributed by atoms with Crippen LogP contribution in [-0.2, 0) is 17.7 Å². The molecule has 108 valence electrons. The standard InChI is InChI=1S/C17H23NO2/c1-5-13-8-9-14-7-6-10-18(12-15(14)11-13)16(19)20-17(2,3)4/h5,8-9,11H,1,6-7,10,12H2,2-4H3. The fourth-order valence-electron chi connectivity index (χ4n) is 2.39. The number of rotatable bonds is 1. The predicted molar refractivity (Wildman–Crippen MR) is 81.5 cm³/mol. The van der Waals surface area contributed by atoms with Crippen LogP contribution in [-0.4, -0.2) is 23.1 Å². The summed E-state index contributed by atoms with van der Waals surface area (Å²) in [6, 6.07) is 6.34. The fourth-order valence-corrected chi connectivity index (χ4v) is 2.39. The van der Waals surface area contributed by atoms with Gasteiger partial charge in [0.2, 0.25) is 0 Å². The van der Waals surface area contributed by atoms with Crippen LogP contribution in [0.2, 0.25) is 0 Å². The number of amides is 1. The molecular formula is C17H23NO2. The minimum Gasteiger partial charge on any atom is -0.444 e. The maximum atomic E-state index is 12.2. The SMILES string of the molecule is C=Cc1ccc2c(c1)CN(C(=O)OC(C)(C)C)CCC2. The Hall–Kier alpha value is -1.77. The summed E-state index contributed by atoms with van der Waals surface area (Å²) in [4.78, 5) is 14.0. The first-order valence-corrected chi connectivity index (χ1v) is 7.11. The molecule has 0 spiro atoms. The molecule has 1 aliphatic heterocycles. The molecule has 1 aromatic carbocycles. The van der Waals surface area contributed by atoms with E-state index in [9.17, 15) is 4.79 Å². The summed E-state index contributed by atoms with van der Waals surface area (Å²) in [6.45, 7) is 10.8. The van der Waals surface area contributed by atoms with Gasteiger partial charge in [-0.3, -0.25) is 0 Å². The first kappa shape index (κ1) is 14.6. The topological polar surface area (TPSA) is 29.5 Å². The number of hydrogen-bond acceptors (Lipinski definition) is 2. The van der Waals surface area contributed by atoms with Crippen molar-refractivity contribution in [2.45, 2.75) is 45.8 Å². The summed E-state index contributed by atoms with van der Waals surface area (Å²) in [6.07, 6.45) is 3.59. The summed E-state index contributed by atoms with van der Waals surface area (Å²) in [5.74, 6) is 0. The first-order valence-electron chi connectivity index (χ1n) is 7.11. The van der Waals surface area contributed by atoms with Crippen LogP contribution in [0.25, 0.3) is 6.08 Å². The number of hydrogen-bond donors (Lipinski definition) is 0. The molecule has 0 N–H and O–H groups in total. The number of carbonyl (C=O) groups excluding carboxylic acids is 1. The zero-order valence-corrected chi connectivity index (χ0v) is 12.6. The Labute approximate surface area is 121 Å². The Morgan fingerprint density at radius 1 is 1.35 bits per heavy atom. The van der Waals surface area contributed by atoms with Crippen molar-refractivity contribution in [2.75, 3.05) is 6.54 Å². The van der Waals surface area contributed by atoms with E-state index in [0.717, 1.165) is 24.9 Å². The Bertz CT molecular complexity index is 514. The summed E-state index contributed by atoms with van der Waals surface area (Å²) < 4.78 is 5.47. The van der Waals surface area contributed by atoms with E-state index in [2.05, 4.69) is 24.8 Å². The normalized spacial score (nSPS) is 15.2. The van der Waals surface area contributed by atoms with Gasteiger partial charge in [-0.1, -0.05) is 24.8 Å². The molecule has 2 rings (SSSR count). The predicted octanol–water partition coefficient (Wildman–Crippen LogP) is 4.01. The number of benzene rings is 1. The molecule has 0 aliphatic carbocycles. The lowest BCUT2D eigenvalue weighted by atomic mass is 10.0. The Morgan fingerprint density at radius 3 is 2.75 bits per heavy atom. The van der Waals surface area contributed by atoms with Crippen LogP contribution >= 0.6 is 0 Å².